The Hall–Kier alpha value is -2.57. The number of benzene rings is 1. The standard InChI is InChI=1S/C15H19N3O4/c1-3-16-14(20)15(21)17-10-6-7-11(12(9-10)22-2)18-8-4-5-13(18)19/h6-7,9H,3-5,8H2,1-2H3,(H,16,20)(H,17,21). The molecule has 0 aromatic heterocycles. The highest BCUT2D eigenvalue weighted by molar-refractivity contribution is 6.39. The summed E-state index contributed by atoms with van der Waals surface area (Å²) in [6, 6.07) is 4.94. The van der Waals surface area contributed by atoms with Crippen molar-refractivity contribution >= 4 is 29.1 Å². The lowest BCUT2D eigenvalue weighted by molar-refractivity contribution is -0.136. The number of carbonyl (C=O) groups is 3. The molecule has 118 valence electrons. The fourth-order valence-corrected chi connectivity index (χ4v) is 2.31. The minimum atomic E-state index is -0.742. The molecule has 0 spiro atoms. The molecule has 22 heavy (non-hydrogen) atoms. The number of likely N-dealkylation sites (N-methyl/N-ethyl adjacent to an activating group) is 1. The van der Waals surface area contributed by atoms with Crippen molar-refractivity contribution in [3.8, 4) is 5.75 Å². The summed E-state index contributed by atoms with van der Waals surface area (Å²) < 4.78 is 5.29. The monoisotopic (exact) mass is 305 g/mol. The third-order valence-electron chi connectivity index (χ3n) is 3.35. The summed E-state index contributed by atoms with van der Waals surface area (Å²) in [4.78, 5) is 36.6. The number of amides is 3. The third-order valence-corrected chi connectivity index (χ3v) is 3.35. The second-order valence-electron chi connectivity index (χ2n) is 4.85. The molecule has 0 unspecified atom stereocenters. The van der Waals surface area contributed by atoms with Crippen molar-refractivity contribution in [2.24, 2.45) is 0 Å². The molecule has 0 atom stereocenters. The molecule has 0 saturated carbocycles. The lowest BCUT2D eigenvalue weighted by atomic mass is 10.2. The molecular formula is C15H19N3O4. The van der Waals surface area contributed by atoms with E-state index in [1.807, 2.05) is 0 Å². The molecule has 0 radical (unpaired) electrons. The first-order valence-corrected chi connectivity index (χ1v) is 7.14. The molecular weight excluding hydrogens is 286 g/mol. The van der Waals surface area contributed by atoms with Crippen molar-refractivity contribution < 1.29 is 19.1 Å². The van der Waals surface area contributed by atoms with Gasteiger partial charge in [0.05, 0.1) is 12.8 Å². The van der Waals surface area contributed by atoms with Gasteiger partial charge in [-0.15, -0.1) is 0 Å². The van der Waals surface area contributed by atoms with Gasteiger partial charge in [-0.25, -0.2) is 0 Å². The van der Waals surface area contributed by atoms with E-state index in [0.717, 1.165) is 6.42 Å². The first kappa shape index (κ1) is 15.8. The summed E-state index contributed by atoms with van der Waals surface area (Å²) >= 11 is 0. The number of carbonyl (C=O) groups excluding carboxylic acids is 3. The Morgan fingerprint density at radius 1 is 1.32 bits per heavy atom. The maximum Gasteiger partial charge on any atom is 0.313 e. The van der Waals surface area contributed by atoms with Crippen LogP contribution in [0.2, 0.25) is 0 Å². The second kappa shape index (κ2) is 6.93. The van der Waals surface area contributed by atoms with E-state index in [-0.39, 0.29) is 5.91 Å². The normalized spacial score (nSPS) is 13.9. The fraction of sp³-hybridized carbons (Fsp3) is 0.400. The van der Waals surface area contributed by atoms with Crippen molar-refractivity contribution in [1.29, 1.82) is 0 Å². The molecule has 1 aliphatic heterocycles. The molecule has 3 amide bonds. The average Bonchev–Trinajstić information content (AvgIpc) is 2.93. The van der Waals surface area contributed by atoms with Crippen LogP contribution in [0.15, 0.2) is 18.2 Å². The van der Waals surface area contributed by atoms with E-state index < -0.39 is 11.8 Å². The molecule has 7 heteroatoms. The predicted molar refractivity (Wildman–Crippen MR) is 81.9 cm³/mol. The smallest absolute Gasteiger partial charge is 0.313 e. The molecule has 1 heterocycles. The van der Waals surface area contributed by atoms with Crippen LogP contribution in [0, 0.1) is 0 Å². The number of nitrogens with one attached hydrogen (secondary N) is 2. The zero-order valence-corrected chi connectivity index (χ0v) is 12.6. The average molecular weight is 305 g/mol. The van der Waals surface area contributed by atoms with E-state index in [9.17, 15) is 14.4 Å². The number of rotatable bonds is 4. The molecule has 2 rings (SSSR count). The van der Waals surface area contributed by atoms with Crippen LogP contribution in [-0.4, -0.2) is 37.9 Å². The van der Waals surface area contributed by atoms with Gasteiger partial charge in [0.2, 0.25) is 5.91 Å². The van der Waals surface area contributed by atoms with Crippen LogP contribution < -0.4 is 20.3 Å². The first-order valence-electron chi connectivity index (χ1n) is 7.14. The summed E-state index contributed by atoms with van der Waals surface area (Å²) in [7, 11) is 1.49. The van der Waals surface area contributed by atoms with Gasteiger partial charge in [0.1, 0.15) is 5.75 Å². The molecule has 1 aromatic carbocycles. The first-order chi connectivity index (χ1) is 10.6. The Balaban J connectivity index is 2.17. The van der Waals surface area contributed by atoms with Gasteiger partial charge in [-0.2, -0.15) is 0 Å². The maximum atomic E-state index is 11.8. The van der Waals surface area contributed by atoms with Crippen LogP contribution in [0.3, 0.4) is 0 Å². The van der Waals surface area contributed by atoms with Gasteiger partial charge in [-0.3, -0.25) is 14.4 Å². The Bertz CT molecular complexity index is 600. The minimum absolute atomic E-state index is 0.0532. The fourth-order valence-electron chi connectivity index (χ4n) is 2.31. The number of methoxy groups -OCH3 is 1. The molecule has 7 nitrogen and oxygen atoms in total. The summed E-state index contributed by atoms with van der Waals surface area (Å²) in [5.41, 5.74) is 1.10. The summed E-state index contributed by atoms with van der Waals surface area (Å²) in [5.74, 6) is -0.907. The highest BCUT2D eigenvalue weighted by Crippen LogP contribution is 2.33. The maximum absolute atomic E-state index is 11.8. The lowest BCUT2D eigenvalue weighted by Gasteiger charge is -2.19. The summed E-state index contributed by atoms with van der Waals surface area (Å²) in [5, 5.41) is 4.92. The quantitative estimate of drug-likeness (QED) is 0.809. The van der Waals surface area contributed by atoms with Crippen LogP contribution in [-0.2, 0) is 14.4 Å². The van der Waals surface area contributed by atoms with Gasteiger partial charge in [-0.1, -0.05) is 0 Å². The van der Waals surface area contributed by atoms with Crippen LogP contribution >= 0.6 is 0 Å². The zero-order valence-electron chi connectivity index (χ0n) is 12.6. The zero-order chi connectivity index (χ0) is 16.1. The Morgan fingerprint density at radius 3 is 2.68 bits per heavy atom. The topological polar surface area (TPSA) is 87.7 Å². The van der Waals surface area contributed by atoms with Gasteiger partial charge in [0.15, 0.2) is 0 Å². The van der Waals surface area contributed by atoms with Gasteiger partial charge >= 0.3 is 11.8 Å². The van der Waals surface area contributed by atoms with Gasteiger partial charge < -0.3 is 20.3 Å². The molecule has 2 N–H and O–H groups in total. The van der Waals surface area contributed by atoms with E-state index in [0.29, 0.717) is 36.6 Å². The third kappa shape index (κ3) is 3.36. The summed E-state index contributed by atoms with van der Waals surface area (Å²) in [6.45, 7) is 2.77. The summed E-state index contributed by atoms with van der Waals surface area (Å²) in [6.07, 6.45) is 1.34. The molecule has 0 bridgehead atoms. The van der Waals surface area contributed by atoms with E-state index in [1.54, 1.807) is 30.0 Å². The van der Waals surface area contributed by atoms with E-state index in [2.05, 4.69) is 10.6 Å². The minimum Gasteiger partial charge on any atom is -0.494 e. The number of nitrogens with zero attached hydrogens (tertiary/aromatic N) is 1. The number of anilines is 2. The molecule has 1 aromatic rings. The SMILES string of the molecule is CCNC(=O)C(=O)Nc1ccc(N2CCCC2=O)c(OC)c1. The van der Waals surface area contributed by atoms with Crippen molar-refractivity contribution in [2.45, 2.75) is 19.8 Å². The highest BCUT2D eigenvalue weighted by Gasteiger charge is 2.24. The van der Waals surface area contributed by atoms with E-state index in [1.165, 1.54) is 7.11 Å². The molecule has 1 saturated heterocycles. The molecule has 0 aliphatic carbocycles. The second-order valence-corrected chi connectivity index (χ2v) is 4.85. The van der Waals surface area contributed by atoms with Crippen LogP contribution in [0.25, 0.3) is 0 Å². The number of hydrogen-bond acceptors (Lipinski definition) is 4. The Kier molecular flexibility index (Phi) is 4.98. The van der Waals surface area contributed by atoms with Crippen LogP contribution in [0.4, 0.5) is 11.4 Å². The Labute approximate surface area is 128 Å². The molecule has 1 aliphatic rings. The Morgan fingerprint density at radius 2 is 2.09 bits per heavy atom. The van der Waals surface area contributed by atoms with Crippen LogP contribution in [0.1, 0.15) is 19.8 Å². The number of hydrogen-bond donors (Lipinski definition) is 2. The highest BCUT2D eigenvalue weighted by atomic mass is 16.5. The van der Waals surface area contributed by atoms with Crippen molar-refractivity contribution in [3.05, 3.63) is 18.2 Å². The lowest BCUT2D eigenvalue weighted by Crippen LogP contribution is -2.35. The van der Waals surface area contributed by atoms with Gasteiger partial charge in [0, 0.05) is 31.3 Å². The van der Waals surface area contributed by atoms with Gasteiger partial charge in [-0.05, 0) is 25.5 Å². The van der Waals surface area contributed by atoms with Crippen molar-refractivity contribution in [1.82, 2.24) is 5.32 Å². The predicted octanol–water partition coefficient (Wildman–Crippen LogP) is 0.897. The van der Waals surface area contributed by atoms with Crippen LogP contribution in [0.5, 0.6) is 5.75 Å². The van der Waals surface area contributed by atoms with Crippen molar-refractivity contribution in [3.63, 3.8) is 0 Å². The van der Waals surface area contributed by atoms with E-state index >= 15 is 0 Å². The van der Waals surface area contributed by atoms with Crippen molar-refractivity contribution in [2.75, 3.05) is 30.4 Å². The number of ether oxygens (including phenoxy) is 1. The van der Waals surface area contributed by atoms with Gasteiger partial charge in [0.25, 0.3) is 0 Å². The van der Waals surface area contributed by atoms with E-state index in [4.69, 9.17) is 4.74 Å². The molecule has 1 fully saturated rings. The largest absolute Gasteiger partial charge is 0.494 e.